The van der Waals surface area contributed by atoms with Crippen molar-refractivity contribution in [1.29, 1.82) is 0 Å². The lowest BCUT2D eigenvalue weighted by Gasteiger charge is -2.04. The van der Waals surface area contributed by atoms with Gasteiger partial charge in [0, 0.05) is 7.05 Å². The first kappa shape index (κ1) is 10.9. The summed E-state index contributed by atoms with van der Waals surface area (Å²) in [5.41, 5.74) is 1.96. The summed E-state index contributed by atoms with van der Waals surface area (Å²) in [4.78, 5) is 7.65. The van der Waals surface area contributed by atoms with Crippen molar-refractivity contribution in [3.8, 4) is 5.75 Å². The van der Waals surface area contributed by atoms with E-state index >= 15 is 0 Å². The predicted octanol–water partition coefficient (Wildman–Crippen LogP) is 1.75. The van der Waals surface area contributed by atoms with Crippen LogP contribution in [0.5, 0.6) is 5.75 Å². The van der Waals surface area contributed by atoms with E-state index in [1.165, 1.54) is 0 Å². The first-order valence-electron chi connectivity index (χ1n) is 4.75. The largest absolute Gasteiger partial charge is 0.484 e. The molecule has 0 radical (unpaired) electrons. The van der Waals surface area contributed by atoms with Crippen molar-refractivity contribution >= 4 is 11.6 Å². The summed E-state index contributed by atoms with van der Waals surface area (Å²) in [6.45, 7) is 2.37. The quantitative estimate of drug-likeness (QED) is 0.765. The Bertz CT molecular complexity index is 480. The van der Waals surface area contributed by atoms with Crippen molar-refractivity contribution in [3.63, 3.8) is 0 Å². The molecule has 2 aromatic rings. The topological polar surface area (TPSA) is 52.8 Å². The molecule has 0 saturated carbocycles. The van der Waals surface area contributed by atoms with Crippen LogP contribution in [0.4, 0.5) is 0 Å². The van der Waals surface area contributed by atoms with Crippen LogP contribution in [-0.4, -0.2) is 19.7 Å². The second-order valence-electron chi connectivity index (χ2n) is 3.38. The summed E-state index contributed by atoms with van der Waals surface area (Å²) in [7, 11) is 1.88. The molecule has 0 saturated heterocycles. The van der Waals surface area contributed by atoms with Gasteiger partial charge < -0.3 is 4.74 Å². The molecule has 0 spiro atoms. The highest BCUT2D eigenvalue weighted by Gasteiger charge is 2.03. The van der Waals surface area contributed by atoms with E-state index in [2.05, 4.69) is 15.1 Å². The van der Waals surface area contributed by atoms with Gasteiger partial charge in [-0.25, -0.2) is 9.97 Å². The number of ether oxygens (including phenoxy) is 1. The van der Waals surface area contributed by atoms with Gasteiger partial charge in [-0.05, 0) is 24.6 Å². The summed E-state index contributed by atoms with van der Waals surface area (Å²) in [6.07, 6.45) is 3.08. The Morgan fingerprint density at radius 1 is 1.38 bits per heavy atom. The number of aryl methyl sites for hydroxylation is 2. The van der Waals surface area contributed by atoms with Crippen molar-refractivity contribution in [2.24, 2.45) is 7.05 Å². The molecule has 2 heterocycles. The molecule has 0 aromatic carbocycles. The van der Waals surface area contributed by atoms with E-state index in [0.29, 0.717) is 12.4 Å². The van der Waals surface area contributed by atoms with E-state index in [4.69, 9.17) is 16.3 Å². The number of halogens is 1. The Morgan fingerprint density at radius 2 is 2.06 bits per heavy atom. The second kappa shape index (κ2) is 4.49. The van der Waals surface area contributed by atoms with Gasteiger partial charge in [0.25, 0.3) is 0 Å². The fourth-order valence-corrected chi connectivity index (χ4v) is 1.43. The molecular weight excluding hydrogens is 228 g/mol. The highest BCUT2D eigenvalue weighted by Crippen LogP contribution is 2.11. The maximum absolute atomic E-state index is 5.57. The molecule has 2 rings (SSSR count). The van der Waals surface area contributed by atoms with Crippen molar-refractivity contribution in [3.05, 3.63) is 35.1 Å². The van der Waals surface area contributed by atoms with Crippen molar-refractivity contribution in [1.82, 2.24) is 19.7 Å². The molecule has 0 aliphatic carbocycles. The molecule has 16 heavy (non-hydrogen) atoms. The normalized spacial score (nSPS) is 10.4. The lowest BCUT2D eigenvalue weighted by molar-refractivity contribution is 0.292. The van der Waals surface area contributed by atoms with E-state index < -0.39 is 0 Å². The second-order valence-corrected chi connectivity index (χ2v) is 3.72. The maximum Gasteiger partial charge on any atom is 0.222 e. The molecule has 0 amide bonds. The summed E-state index contributed by atoms with van der Waals surface area (Å²) >= 11 is 5.57. The molecule has 0 fully saturated rings. The number of hydrogen-bond donors (Lipinski definition) is 0. The zero-order valence-electron chi connectivity index (χ0n) is 9.01. The summed E-state index contributed by atoms with van der Waals surface area (Å²) < 4.78 is 7.28. The van der Waals surface area contributed by atoms with Crippen LogP contribution < -0.4 is 4.74 Å². The average molecular weight is 239 g/mol. The number of nitrogens with zero attached hydrogens (tertiary/aromatic N) is 4. The molecular formula is C10H11ClN4O. The van der Waals surface area contributed by atoms with Gasteiger partial charge in [-0.15, -0.1) is 0 Å². The van der Waals surface area contributed by atoms with Crippen molar-refractivity contribution in [2.75, 3.05) is 0 Å². The molecule has 0 unspecified atom stereocenters. The minimum absolute atomic E-state index is 0.212. The van der Waals surface area contributed by atoms with Gasteiger partial charge in [0.15, 0.2) is 5.75 Å². The van der Waals surface area contributed by atoms with E-state index in [1.54, 1.807) is 17.1 Å². The van der Waals surface area contributed by atoms with Crippen LogP contribution in [0, 0.1) is 6.92 Å². The molecule has 84 valence electrons. The third-order valence-corrected chi connectivity index (χ3v) is 2.28. The monoisotopic (exact) mass is 238 g/mol. The van der Waals surface area contributed by atoms with Crippen LogP contribution >= 0.6 is 11.6 Å². The third kappa shape index (κ3) is 2.49. The van der Waals surface area contributed by atoms with Crippen LogP contribution in [-0.2, 0) is 13.7 Å². The molecule has 5 nitrogen and oxygen atoms in total. The molecule has 0 aliphatic heterocycles. The standard InChI is InChI=1S/C10H11ClN4O/c1-7-3-8(15(2)14-7)6-16-9-4-12-10(11)13-5-9/h3-5H,6H2,1-2H3. The average Bonchev–Trinajstić information content (AvgIpc) is 2.57. The Kier molecular flexibility index (Phi) is 3.05. The van der Waals surface area contributed by atoms with E-state index in [1.807, 2.05) is 20.0 Å². The minimum atomic E-state index is 0.212. The minimum Gasteiger partial charge on any atom is -0.484 e. The zero-order valence-corrected chi connectivity index (χ0v) is 9.77. The van der Waals surface area contributed by atoms with E-state index in [-0.39, 0.29) is 5.28 Å². The molecule has 6 heteroatoms. The smallest absolute Gasteiger partial charge is 0.222 e. The van der Waals surface area contributed by atoms with Crippen molar-refractivity contribution < 1.29 is 4.74 Å². The third-order valence-electron chi connectivity index (χ3n) is 2.08. The first-order chi connectivity index (χ1) is 7.65. The lowest BCUT2D eigenvalue weighted by Crippen LogP contribution is -2.03. The number of aromatic nitrogens is 4. The Balaban J connectivity index is 2.02. The molecule has 0 atom stereocenters. The molecule has 0 N–H and O–H groups in total. The summed E-state index contributed by atoms with van der Waals surface area (Å²) in [6, 6.07) is 1.97. The maximum atomic E-state index is 5.57. The van der Waals surface area contributed by atoms with Gasteiger partial charge in [0.05, 0.1) is 23.8 Å². The fourth-order valence-electron chi connectivity index (χ4n) is 1.33. The first-order valence-corrected chi connectivity index (χ1v) is 5.13. The predicted molar refractivity (Wildman–Crippen MR) is 59.3 cm³/mol. The van der Waals surface area contributed by atoms with Crippen LogP contribution in [0.3, 0.4) is 0 Å². The molecule has 2 aromatic heterocycles. The highest BCUT2D eigenvalue weighted by atomic mass is 35.5. The van der Waals surface area contributed by atoms with Gasteiger partial charge in [0.2, 0.25) is 5.28 Å². The SMILES string of the molecule is Cc1cc(COc2cnc(Cl)nc2)n(C)n1. The molecule has 0 bridgehead atoms. The van der Waals surface area contributed by atoms with E-state index in [0.717, 1.165) is 11.4 Å². The number of hydrogen-bond acceptors (Lipinski definition) is 4. The highest BCUT2D eigenvalue weighted by molar-refractivity contribution is 6.28. The van der Waals surface area contributed by atoms with Crippen LogP contribution in [0.2, 0.25) is 5.28 Å². The lowest BCUT2D eigenvalue weighted by atomic mass is 10.4. The van der Waals surface area contributed by atoms with Crippen LogP contribution in [0.1, 0.15) is 11.4 Å². The Hall–Kier alpha value is -1.62. The van der Waals surface area contributed by atoms with Gasteiger partial charge >= 0.3 is 0 Å². The Morgan fingerprint density at radius 3 is 2.62 bits per heavy atom. The van der Waals surface area contributed by atoms with Gasteiger partial charge in [-0.2, -0.15) is 5.10 Å². The van der Waals surface area contributed by atoms with Crippen LogP contribution in [0.25, 0.3) is 0 Å². The van der Waals surface area contributed by atoms with Gasteiger partial charge in [-0.1, -0.05) is 0 Å². The number of rotatable bonds is 3. The Labute approximate surface area is 98.0 Å². The zero-order chi connectivity index (χ0) is 11.5. The van der Waals surface area contributed by atoms with Crippen molar-refractivity contribution in [2.45, 2.75) is 13.5 Å². The fraction of sp³-hybridized carbons (Fsp3) is 0.300. The van der Waals surface area contributed by atoms with Crippen LogP contribution in [0.15, 0.2) is 18.5 Å². The molecule has 0 aliphatic rings. The summed E-state index contributed by atoms with van der Waals surface area (Å²) in [5.74, 6) is 0.586. The van der Waals surface area contributed by atoms with Gasteiger partial charge in [0.1, 0.15) is 6.61 Å². The van der Waals surface area contributed by atoms with E-state index in [9.17, 15) is 0 Å². The summed E-state index contributed by atoms with van der Waals surface area (Å²) in [5, 5.41) is 4.43. The van der Waals surface area contributed by atoms with Gasteiger partial charge in [-0.3, -0.25) is 4.68 Å².